The average molecular weight is 1710 g/mol. The Bertz CT molecular complexity index is 4330. The minimum Gasteiger partial charge on any atom is -0.455 e. The number of hydrogen-bond acceptors (Lipinski definition) is 28. The van der Waals surface area contributed by atoms with Gasteiger partial charge < -0.3 is 105 Å². The maximum atomic E-state index is 16.0. The summed E-state index contributed by atoms with van der Waals surface area (Å²) in [6, 6.07) is 15.0. The predicted molar refractivity (Wildman–Crippen MR) is 439 cm³/mol. The van der Waals surface area contributed by atoms with Gasteiger partial charge in [0.15, 0.2) is 29.4 Å². The number of nitrogens with one attached hydrogen (secondary N) is 6. The number of nitrogens with zero attached hydrogens (tertiary/aromatic N) is 3. The van der Waals surface area contributed by atoms with Crippen LogP contribution < -0.4 is 66.3 Å². The van der Waals surface area contributed by atoms with Gasteiger partial charge in [-0.1, -0.05) is 80.6 Å². The molecule has 8 rings (SSSR count). The average Bonchev–Trinajstić information content (AvgIpc) is 0.682. The van der Waals surface area contributed by atoms with Crippen LogP contribution >= 0.6 is 23.5 Å². The number of ketones is 1. The van der Waals surface area contributed by atoms with Gasteiger partial charge in [0.25, 0.3) is 5.91 Å². The molecule has 3 aromatic rings. The van der Waals surface area contributed by atoms with E-state index >= 15 is 9.59 Å². The first kappa shape index (κ1) is 94.9. The summed E-state index contributed by atoms with van der Waals surface area (Å²) in [6.45, 7) is 7.13. The van der Waals surface area contributed by atoms with Crippen LogP contribution in [-0.4, -0.2) is 251 Å². The lowest BCUT2D eigenvalue weighted by Gasteiger charge is -2.67. The van der Waals surface area contributed by atoms with Gasteiger partial charge in [-0.25, -0.2) is 9.59 Å². The Balaban J connectivity index is 1.04. The van der Waals surface area contributed by atoms with E-state index in [2.05, 4.69) is 41.9 Å². The molecule has 0 radical (unpaired) electrons. The van der Waals surface area contributed by atoms with E-state index in [9.17, 15) is 67.7 Å². The standard InChI is InChI=1S/C81H111N15O22S2/c1-43-54(40-81(112)66(117-74(110)48-26-16-11-17-27-48)64-79(6,56(99)39-57-80(64,42-113-57)118-45(3)98)65(102)62(114-44(2)97)60(43)78(81,4)5)115-75(111)63(61(46-22-12-9-13-23-46)95-67(103)47-24-14-10-15-25-47)116-59(101)31-36-96-58(100)38-55(73(96)109)120-41-49(83)68(104)91-51(29-20-34-89-76(84)85)70(106)93-52(30-21-35-90-77(86)87)71(107)94-53(32-37-119-8)72(108)92-50(69(105)88-7)28-18-19-33-82/h9-17,22-27,49-57,61-64,66,99,112H,18-21,28-42,82-83H2,1-8H3,(H,88,105)(H,91,104)(H,92,108)(H,93,106)(H,94,107)(H,95,103)(H4,84,85,89)(H4,86,87,90)/t49?,50-,51-,52-,53-,54-,55?,56-,57+,61-,62+,63+,64?,66-,79+,80-,81+/m0/s1. The summed E-state index contributed by atoms with van der Waals surface area (Å²) in [6.07, 6.45) is -9.94. The molecule has 2 aliphatic heterocycles. The number of rotatable bonds is 41. The van der Waals surface area contributed by atoms with Crippen LogP contribution in [-0.2, 0) is 86.0 Å². The number of aliphatic imine (C=N–C) groups is 2. The lowest BCUT2D eigenvalue weighted by Crippen LogP contribution is -2.82. The van der Waals surface area contributed by atoms with Crippen molar-refractivity contribution in [3.63, 3.8) is 0 Å². The monoisotopic (exact) mass is 1710 g/mol. The third kappa shape index (κ3) is 22.7. The summed E-state index contributed by atoms with van der Waals surface area (Å²) < 4.78 is 37.2. The largest absolute Gasteiger partial charge is 0.455 e. The van der Waals surface area contributed by atoms with Crippen molar-refractivity contribution in [1.29, 1.82) is 0 Å². The molecule has 2 heterocycles. The molecule has 2 bridgehead atoms. The fraction of sp³-hybridized carbons (Fsp3) is 0.556. The summed E-state index contributed by atoms with van der Waals surface area (Å²) in [5, 5.41) is 41.5. The van der Waals surface area contributed by atoms with Gasteiger partial charge in [0, 0.05) is 76.5 Å². The van der Waals surface area contributed by atoms with Crippen molar-refractivity contribution in [2.45, 2.75) is 208 Å². The molecule has 39 heteroatoms. The molecule has 3 aromatic carbocycles. The topological polar surface area (TPSA) is 591 Å². The molecule has 654 valence electrons. The summed E-state index contributed by atoms with van der Waals surface area (Å²) in [5.74, 6) is -14.8. The van der Waals surface area contributed by atoms with Gasteiger partial charge >= 0.3 is 29.8 Å². The van der Waals surface area contributed by atoms with E-state index in [0.29, 0.717) is 25.1 Å². The summed E-state index contributed by atoms with van der Waals surface area (Å²) >= 11 is 2.20. The van der Waals surface area contributed by atoms with Gasteiger partial charge in [-0.2, -0.15) is 11.8 Å². The fourth-order valence-corrected chi connectivity index (χ4v) is 17.7. The second-order valence-electron chi connectivity index (χ2n) is 30.9. The summed E-state index contributed by atoms with van der Waals surface area (Å²) in [5.41, 5.74) is 25.9. The van der Waals surface area contributed by atoms with Crippen molar-refractivity contribution in [2.24, 2.45) is 61.1 Å². The van der Waals surface area contributed by atoms with Crippen LogP contribution in [0.25, 0.3) is 0 Å². The van der Waals surface area contributed by atoms with Gasteiger partial charge in [-0.3, -0.25) is 72.4 Å². The number of fused-ring (bicyclic) bond motifs is 5. The molecule has 3 aliphatic carbocycles. The van der Waals surface area contributed by atoms with Crippen LogP contribution in [0, 0.1) is 16.7 Å². The first-order valence-electron chi connectivity index (χ1n) is 39.5. The number of carbonyl (C=O) groups excluding carboxylic acids is 14. The third-order valence-electron chi connectivity index (χ3n) is 22.5. The lowest BCUT2D eigenvalue weighted by molar-refractivity contribution is -0.346. The number of ether oxygens (including phenoxy) is 6. The maximum absolute atomic E-state index is 16.0. The molecule has 2 saturated carbocycles. The van der Waals surface area contributed by atoms with Crippen LogP contribution in [0.3, 0.4) is 0 Å². The van der Waals surface area contributed by atoms with Crippen LogP contribution in [0.2, 0.25) is 0 Å². The molecule has 0 aromatic heterocycles. The number of nitrogens with two attached hydrogens (primary N) is 6. The van der Waals surface area contributed by atoms with Gasteiger partial charge in [0.1, 0.15) is 54.1 Å². The highest BCUT2D eigenvalue weighted by Crippen LogP contribution is 2.64. The number of amides is 8. The molecule has 5 aliphatic rings. The number of guanidine groups is 2. The molecule has 8 amide bonds. The number of benzene rings is 3. The van der Waals surface area contributed by atoms with E-state index in [4.69, 9.17) is 62.8 Å². The van der Waals surface area contributed by atoms with Gasteiger partial charge in [-0.15, -0.1) is 11.8 Å². The van der Waals surface area contributed by atoms with Gasteiger partial charge in [0.2, 0.25) is 47.5 Å². The van der Waals surface area contributed by atoms with E-state index < -0.39 is 221 Å². The Hall–Kier alpha value is -10.6. The minimum absolute atomic E-state index is 0.00140. The van der Waals surface area contributed by atoms with E-state index in [1.807, 2.05) is 0 Å². The highest BCUT2D eigenvalue weighted by molar-refractivity contribution is 8.00. The second-order valence-corrected chi connectivity index (χ2v) is 33.1. The van der Waals surface area contributed by atoms with E-state index in [-0.39, 0.29) is 104 Å². The quantitative estimate of drug-likeness (QED) is 0.00650. The third-order valence-corrected chi connectivity index (χ3v) is 24.5. The Morgan fingerprint density at radius 2 is 1.23 bits per heavy atom. The van der Waals surface area contributed by atoms with E-state index in [1.165, 1.54) is 82.9 Å². The summed E-state index contributed by atoms with van der Waals surface area (Å²) in [7, 11) is 1.42. The fourth-order valence-electron chi connectivity index (χ4n) is 16.1. The van der Waals surface area contributed by atoms with Crippen molar-refractivity contribution in [2.75, 3.05) is 57.6 Å². The first-order chi connectivity index (χ1) is 56.9. The number of unbranched alkanes of at least 4 members (excludes halogenated alkanes) is 1. The molecule has 2 saturated heterocycles. The van der Waals surface area contributed by atoms with Gasteiger partial charge in [-0.05, 0) is 125 Å². The number of carbonyl (C=O) groups is 14. The highest BCUT2D eigenvalue weighted by atomic mass is 32.2. The zero-order valence-electron chi connectivity index (χ0n) is 68.4. The van der Waals surface area contributed by atoms with Crippen molar-refractivity contribution < 1.29 is 106 Å². The Labute approximate surface area is 702 Å². The molecule has 4 fully saturated rings. The first-order valence-corrected chi connectivity index (χ1v) is 42.0. The normalized spacial score (nSPS) is 24.4. The number of Topliss-reactive ketones (excluding diaryl/α,β-unsaturated/α-hetero) is 1. The van der Waals surface area contributed by atoms with E-state index in [0.717, 1.165) is 30.5 Å². The number of aliphatic hydroxyl groups excluding tert-OH is 1. The van der Waals surface area contributed by atoms with Crippen molar-refractivity contribution in [1.82, 2.24) is 36.8 Å². The number of aliphatic hydroxyl groups is 2. The molecule has 120 heavy (non-hydrogen) atoms. The van der Waals surface area contributed by atoms with Crippen LogP contribution in [0.1, 0.15) is 151 Å². The second kappa shape index (κ2) is 42.6. The molecule has 0 spiro atoms. The number of hydrogen-bond donors (Lipinski definition) is 14. The number of thioether (sulfide) groups is 2. The van der Waals surface area contributed by atoms with Crippen LogP contribution in [0.15, 0.2) is 112 Å². The molecule has 37 nitrogen and oxygen atoms in total. The molecule has 20 N–H and O–H groups in total. The Kier molecular flexibility index (Phi) is 33.7. The number of likely N-dealkylation sites (tertiary alicyclic amines) is 1. The minimum atomic E-state index is -2.62. The highest BCUT2D eigenvalue weighted by Gasteiger charge is 2.78. The Morgan fingerprint density at radius 3 is 1.76 bits per heavy atom. The van der Waals surface area contributed by atoms with Crippen molar-refractivity contribution in [3.8, 4) is 0 Å². The molecule has 3 unspecified atom stereocenters. The van der Waals surface area contributed by atoms with E-state index in [1.54, 1.807) is 60.9 Å². The van der Waals surface area contributed by atoms with Crippen LogP contribution in [0.5, 0.6) is 0 Å². The van der Waals surface area contributed by atoms with Gasteiger partial charge in [0.05, 0.1) is 47.3 Å². The SMILES string of the molecule is CNC(=O)[C@H](CCCCN)NC(=O)[C@H](CCSC)NC(=O)[C@H](CCCN=C(N)N)NC(=O)[C@H](CCCN=C(N)N)NC(=O)C(N)CSC1CC(=O)N(CCC(=O)O[C@@H](C(=O)O[C@H]2C[C@@]3(O)[C@@H](OC(=O)c4ccccc4)C4[C@](C)(C(=O)[C@H](OC(C)=O)C(=C2C)C3(C)C)[C@@H](O)C[C@H]2OC[C@@]42OC(C)=O)[C@@H](NC(=O)c2ccccc2)c2ccccc2)C1=O. The number of likely N-dealkylation sites (N-methyl/N-ethyl adjacent to an activating group) is 1. The zero-order chi connectivity index (χ0) is 88.1. The molecule has 17 atom stereocenters. The lowest BCUT2D eigenvalue weighted by atomic mass is 9.44. The molecular weight excluding hydrogens is 1600 g/mol. The molecular formula is C81H111N15O22S2. The Morgan fingerprint density at radius 1 is 0.692 bits per heavy atom. The maximum Gasteiger partial charge on any atom is 0.350 e. The van der Waals surface area contributed by atoms with Crippen molar-refractivity contribution in [3.05, 3.63) is 119 Å². The smallest absolute Gasteiger partial charge is 0.350 e. The zero-order valence-corrected chi connectivity index (χ0v) is 70.0. The summed E-state index contributed by atoms with van der Waals surface area (Å²) in [4.78, 5) is 209. The number of esters is 5. The van der Waals surface area contributed by atoms with Crippen molar-refractivity contribution >= 4 is 118 Å². The number of imide groups is 1. The van der Waals surface area contributed by atoms with Crippen LogP contribution in [0.4, 0.5) is 0 Å². The predicted octanol–water partition coefficient (Wildman–Crippen LogP) is -0.461.